The van der Waals surface area contributed by atoms with E-state index in [4.69, 9.17) is 23.7 Å². The van der Waals surface area contributed by atoms with Crippen LogP contribution in [0.4, 0.5) is 0 Å². The number of rotatable bonds is 10. The molecule has 0 heterocycles. The first kappa shape index (κ1) is 19.1. The van der Waals surface area contributed by atoms with E-state index in [1.807, 2.05) is 6.92 Å². The minimum atomic E-state index is -0.937. The molecule has 0 bridgehead atoms. The molecule has 1 aromatic rings. The number of Topliss-reactive ketones (excluding diaryl/α,β-unsaturated/α-hetero) is 1. The number of carbonyl (C=O) groups is 2. The molecule has 0 unspecified atom stereocenters. The van der Waals surface area contributed by atoms with E-state index >= 15 is 0 Å². The van der Waals surface area contributed by atoms with Gasteiger partial charge in [-0.2, -0.15) is 0 Å². The van der Waals surface area contributed by atoms with Gasteiger partial charge in [0.2, 0.25) is 0 Å². The van der Waals surface area contributed by atoms with Crippen LogP contribution in [-0.2, 0) is 30.3 Å². The lowest BCUT2D eigenvalue weighted by Gasteiger charge is -2.16. The molecule has 0 aliphatic heterocycles. The van der Waals surface area contributed by atoms with E-state index in [1.54, 1.807) is 19.1 Å². The molecule has 0 aliphatic rings. The summed E-state index contributed by atoms with van der Waals surface area (Å²) in [7, 11) is 2.96. The maximum atomic E-state index is 12.4. The molecule has 0 atom stereocenters. The van der Waals surface area contributed by atoms with E-state index in [1.165, 1.54) is 14.2 Å². The maximum Gasteiger partial charge on any atom is 0.379 e. The minimum absolute atomic E-state index is 0.0511. The second-order valence-electron chi connectivity index (χ2n) is 4.59. The number of ketones is 1. The van der Waals surface area contributed by atoms with Gasteiger partial charge in [-0.05, 0) is 31.0 Å². The van der Waals surface area contributed by atoms with Crippen LogP contribution in [0.25, 0.3) is 0 Å². The van der Waals surface area contributed by atoms with E-state index < -0.39 is 11.8 Å². The Morgan fingerprint density at radius 3 is 2.39 bits per heavy atom. The first-order valence-electron chi connectivity index (χ1n) is 7.09. The SMILES string of the molecule is CCOC(=O)C(=O)c1c(OCOC)ccc(C)c1COCOC. The Morgan fingerprint density at radius 2 is 1.78 bits per heavy atom. The van der Waals surface area contributed by atoms with E-state index in [-0.39, 0.29) is 38.1 Å². The topological polar surface area (TPSA) is 80.3 Å². The van der Waals surface area contributed by atoms with Crippen molar-refractivity contribution in [3.63, 3.8) is 0 Å². The molecule has 1 aromatic carbocycles. The standard InChI is InChI=1S/C16H22O7/c1-5-22-16(18)15(17)14-12(8-21-9-19-3)11(2)6-7-13(14)23-10-20-4/h6-7H,5,8-10H2,1-4H3. The summed E-state index contributed by atoms with van der Waals surface area (Å²) in [5.74, 6) is -1.47. The van der Waals surface area contributed by atoms with Crippen molar-refractivity contribution in [3.05, 3.63) is 28.8 Å². The molecule has 23 heavy (non-hydrogen) atoms. The molecule has 1 rings (SSSR count). The van der Waals surface area contributed by atoms with E-state index in [0.717, 1.165) is 5.56 Å². The highest BCUT2D eigenvalue weighted by molar-refractivity contribution is 6.41. The summed E-state index contributed by atoms with van der Waals surface area (Å²) in [6.07, 6.45) is 0. The molecule has 0 radical (unpaired) electrons. The average molecular weight is 326 g/mol. The molecule has 7 nitrogen and oxygen atoms in total. The fourth-order valence-electron chi connectivity index (χ4n) is 1.93. The smallest absolute Gasteiger partial charge is 0.379 e. The monoisotopic (exact) mass is 326 g/mol. The number of hydrogen-bond donors (Lipinski definition) is 0. The molecule has 0 saturated heterocycles. The molecule has 0 N–H and O–H groups in total. The predicted octanol–water partition coefficient (Wildman–Crippen LogP) is 1.84. The van der Waals surface area contributed by atoms with Crippen LogP contribution in [0.1, 0.15) is 28.4 Å². The van der Waals surface area contributed by atoms with Crippen LogP contribution in [0.5, 0.6) is 5.75 Å². The molecule has 128 valence electrons. The summed E-state index contributed by atoms with van der Waals surface area (Å²) in [5, 5.41) is 0. The quantitative estimate of drug-likeness (QED) is 0.213. The van der Waals surface area contributed by atoms with E-state index in [9.17, 15) is 9.59 Å². The number of ether oxygens (including phenoxy) is 5. The largest absolute Gasteiger partial charge is 0.467 e. The van der Waals surface area contributed by atoms with Gasteiger partial charge in [0.05, 0.1) is 18.8 Å². The van der Waals surface area contributed by atoms with Crippen LogP contribution in [0.3, 0.4) is 0 Å². The molecule has 0 saturated carbocycles. The van der Waals surface area contributed by atoms with Crippen molar-refractivity contribution >= 4 is 11.8 Å². The lowest BCUT2D eigenvalue weighted by Crippen LogP contribution is -2.21. The molecule has 7 heteroatoms. The zero-order valence-corrected chi connectivity index (χ0v) is 13.8. The van der Waals surface area contributed by atoms with Gasteiger partial charge in [-0.25, -0.2) is 4.79 Å². The molecule has 0 amide bonds. The van der Waals surface area contributed by atoms with Crippen molar-refractivity contribution in [3.8, 4) is 5.75 Å². The lowest BCUT2D eigenvalue weighted by molar-refractivity contribution is -0.137. The van der Waals surface area contributed by atoms with Crippen molar-refractivity contribution < 1.29 is 33.3 Å². The third-order valence-corrected chi connectivity index (χ3v) is 2.98. The number of carbonyl (C=O) groups excluding carboxylic acids is 2. The molecular weight excluding hydrogens is 304 g/mol. The van der Waals surface area contributed by atoms with Gasteiger partial charge < -0.3 is 23.7 Å². The highest BCUT2D eigenvalue weighted by atomic mass is 16.7. The van der Waals surface area contributed by atoms with Gasteiger partial charge in [-0.3, -0.25) is 4.79 Å². The van der Waals surface area contributed by atoms with Crippen LogP contribution < -0.4 is 4.74 Å². The molecule has 0 aliphatic carbocycles. The number of aryl methyl sites for hydroxylation is 1. The number of benzene rings is 1. The van der Waals surface area contributed by atoms with Gasteiger partial charge >= 0.3 is 5.97 Å². The van der Waals surface area contributed by atoms with E-state index in [2.05, 4.69) is 0 Å². The Labute approximate surface area is 135 Å². The first-order valence-corrected chi connectivity index (χ1v) is 7.09. The van der Waals surface area contributed by atoms with Crippen molar-refractivity contribution in [2.45, 2.75) is 20.5 Å². The Kier molecular flexibility index (Phi) is 8.25. The Hall–Kier alpha value is -1.96. The summed E-state index contributed by atoms with van der Waals surface area (Å²) in [5.41, 5.74) is 1.46. The van der Waals surface area contributed by atoms with Crippen LogP contribution in [0.2, 0.25) is 0 Å². The normalized spacial score (nSPS) is 10.4. The van der Waals surface area contributed by atoms with Crippen LogP contribution in [0.15, 0.2) is 12.1 Å². The predicted molar refractivity (Wildman–Crippen MR) is 81.3 cm³/mol. The molecule has 0 aromatic heterocycles. The Morgan fingerprint density at radius 1 is 1.09 bits per heavy atom. The van der Waals surface area contributed by atoms with Crippen molar-refractivity contribution in [1.29, 1.82) is 0 Å². The summed E-state index contributed by atoms with van der Waals surface area (Å²) < 4.78 is 25.2. The summed E-state index contributed by atoms with van der Waals surface area (Å²) in [6, 6.07) is 3.39. The second kappa shape index (κ2) is 9.94. The number of hydrogen-bond acceptors (Lipinski definition) is 7. The van der Waals surface area contributed by atoms with Gasteiger partial charge in [0.1, 0.15) is 12.5 Å². The van der Waals surface area contributed by atoms with Gasteiger partial charge in [-0.15, -0.1) is 0 Å². The zero-order chi connectivity index (χ0) is 17.2. The number of esters is 1. The van der Waals surface area contributed by atoms with Crippen molar-refractivity contribution in [2.24, 2.45) is 0 Å². The van der Waals surface area contributed by atoms with E-state index in [0.29, 0.717) is 5.56 Å². The maximum absolute atomic E-state index is 12.4. The third kappa shape index (κ3) is 5.31. The summed E-state index contributed by atoms with van der Waals surface area (Å²) in [4.78, 5) is 24.3. The highest BCUT2D eigenvalue weighted by Crippen LogP contribution is 2.27. The van der Waals surface area contributed by atoms with Gasteiger partial charge in [-0.1, -0.05) is 6.07 Å². The Bertz CT molecular complexity index is 539. The van der Waals surface area contributed by atoms with Crippen LogP contribution in [-0.4, -0.2) is 46.2 Å². The molecule has 0 spiro atoms. The van der Waals surface area contributed by atoms with Crippen molar-refractivity contribution in [1.82, 2.24) is 0 Å². The summed E-state index contributed by atoms with van der Waals surface area (Å²) in [6.45, 7) is 3.67. The zero-order valence-electron chi connectivity index (χ0n) is 13.8. The number of methoxy groups -OCH3 is 2. The fourth-order valence-corrected chi connectivity index (χ4v) is 1.93. The average Bonchev–Trinajstić information content (AvgIpc) is 2.54. The molecular formula is C16H22O7. The second-order valence-corrected chi connectivity index (χ2v) is 4.59. The third-order valence-electron chi connectivity index (χ3n) is 2.98. The van der Waals surface area contributed by atoms with Crippen molar-refractivity contribution in [2.75, 3.05) is 34.4 Å². The lowest BCUT2D eigenvalue weighted by atomic mass is 9.98. The van der Waals surface area contributed by atoms with Crippen LogP contribution >= 0.6 is 0 Å². The van der Waals surface area contributed by atoms with Gasteiger partial charge in [0, 0.05) is 14.2 Å². The highest BCUT2D eigenvalue weighted by Gasteiger charge is 2.26. The van der Waals surface area contributed by atoms with Gasteiger partial charge in [0.25, 0.3) is 5.78 Å². The Balaban J connectivity index is 3.23. The van der Waals surface area contributed by atoms with Crippen LogP contribution in [0, 0.1) is 6.92 Å². The molecule has 0 fully saturated rings. The summed E-state index contributed by atoms with van der Waals surface area (Å²) >= 11 is 0. The van der Waals surface area contributed by atoms with Gasteiger partial charge in [0.15, 0.2) is 6.79 Å². The minimum Gasteiger partial charge on any atom is -0.467 e. The fraction of sp³-hybridized carbons (Fsp3) is 0.500. The first-order chi connectivity index (χ1) is 11.1.